The summed E-state index contributed by atoms with van der Waals surface area (Å²) in [4.78, 5) is 13.5. The summed E-state index contributed by atoms with van der Waals surface area (Å²) in [5.41, 5.74) is -1.01. The second-order valence-electron chi connectivity index (χ2n) is 5.71. The topological polar surface area (TPSA) is 49.8 Å². The minimum Gasteiger partial charge on any atom is -0.467 e. The smallest absolute Gasteiger partial charge is 0.338 e. The van der Waals surface area contributed by atoms with Gasteiger partial charge in [-0.15, -0.1) is 0 Å². The molecule has 4 nitrogen and oxygen atoms in total. The van der Waals surface area contributed by atoms with E-state index in [2.05, 4.69) is 23.5 Å². The van der Waals surface area contributed by atoms with Crippen LogP contribution in [0, 0.1) is 5.41 Å². The first-order valence-corrected chi connectivity index (χ1v) is 5.80. The fourth-order valence-electron chi connectivity index (χ4n) is 2.04. The Bertz CT molecular complexity index is 251. The Hall–Kier alpha value is -0.610. The molecule has 0 amide bonds. The van der Waals surface area contributed by atoms with Crippen LogP contribution >= 0.6 is 0 Å². The Morgan fingerprint density at radius 2 is 1.94 bits per heavy atom. The number of esters is 1. The van der Waals surface area contributed by atoms with E-state index in [9.17, 15) is 9.90 Å². The van der Waals surface area contributed by atoms with Gasteiger partial charge in [-0.1, -0.05) is 13.8 Å². The zero-order chi connectivity index (χ0) is 12.4. The van der Waals surface area contributed by atoms with Gasteiger partial charge in [0, 0.05) is 6.54 Å². The van der Waals surface area contributed by atoms with Gasteiger partial charge in [0.25, 0.3) is 0 Å². The number of β-amino-alcohol motifs (C(OH)–C–C–N with tert-alkyl or cyclic N) is 1. The van der Waals surface area contributed by atoms with Gasteiger partial charge in [-0.25, -0.2) is 4.79 Å². The summed E-state index contributed by atoms with van der Waals surface area (Å²) < 4.78 is 4.58. The van der Waals surface area contributed by atoms with Crippen molar-refractivity contribution in [2.45, 2.75) is 39.2 Å². The van der Waals surface area contributed by atoms with Crippen LogP contribution in [0.4, 0.5) is 0 Å². The van der Waals surface area contributed by atoms with Crippen LogP contribution < -0.4 is 0 Å². The van der Waals surface area contributed by atoms with Gasteiger partial charge in [0.15, 0.2) is 5.60 Å². The van der Waals surface area contributed by atoms with Crippen molar-refractivity contribution >= 4 is 5.97 Å². The number of rotatable bonds is 3. The molecule has 1 unspecified atom stereocenters. The second-order valence-corrected chi connectivity index (χ2v) is 5.71. The van der Waals surface area contributed by atoms with Crippen molar-refractivity contribution in [1.82, 2.24) is 4.90 Å². The van der Waals surface area contributed by atoms with Crippen molar-refractivity contribution in [3.63, 3.8) is 0 Å². The van der Waals surface area contributed by atoms with E-state index in [1.807, 2.05) is 0 Å². The van der Waals surface area contributed by atoms with E-state index >= 15 is 0 Å². The lowest BCUT2D eigenvalue weighted by atomic mass is 9.82. The average molecular weight is 229 g/mol. The number of hydrogen-bond acceptors (Lipinski definition) is 4. The van der Waals surface area contributed by atoms with Crippen LogP contribution in [-0.2, 0) is 9.53 Å². The van der Waals surface area contributed by atoms with Crippen LogP contribution in [0.3, 0.4) is 0 Å². The molecule has 16 heavy (non-hydrogen) atoms. The van der Waals surface area contributed by atoms with Gasteiger partial charge < -0.3 is 9.84 Å². The standard InChI is InChI=1S/C12H23NO3/c1-11(2)5-7-13(8-6-11)9-12(3,15)10(14)16-4/h15H,5-9H2,1-4H3. The maximum Gasteiger partial charge on any atom is 0.338 e. The molecule has 1 N–H and O–H groups in total. The molecule has 1 atom stereocenters. The molecule has 0 spiro atoms. The molecule has 1 saturated heterocycles. The van der Waals surface area contributed by atoms with Gasteiger partial charge in [0.1, 0.15) is 0 Å². The van der Waals surface area contributed by atoms with Gasteiger partial charge in [0.05, 0.1) is 7.11 Å². The molecule has 0 aliphatic carbocycles. The van der Waals surface area contributed by atoms with Crippen molar-refractivity contribution < 1.29 is 14.6 Å². The highest BCUT2D eigenvalue weighted by Crippen LogP contribution is 2.30. The van der Waals surface area contributed by atoms with Crippen molar-refractivity contribution in [1.29, 1.82) is 0 Å². The molecule has 0 aromatic carbocycles. The number of nitrogens with zero attached hydrogens (tertiary/aromatic N) is 1. The minimum atomic E-state index is -1.39. The summed E-state index contributed by atoms with van der Waals surface area (Å²) in [6.45, 7) is 8.24. The van der Waals surface area contributed by atoms with E-state index < -0.39 is 11.6 Å². The summed E-state index contributed by atoms with van der Waals surface area (Å²) >= 11 is 0. The number of hydrogen-bond donors (Lipinski definition) is 1. The molecular weight excluding hydrogens is 206 g/mol. The number of likely N-dealkylation sites (tertiary alicyclic amines) is 1. The van der Waals surface area contributed by atoms with Crippen LogP contribution in [0.2, 0.25) is 0 Å². The highest BCUT2D eigenvalue weighted by molar-refractivity contribution is 5.78. The summed E-state index contributed by atoms with van der Waals surface area (Å²) in [7, 11) is 1.30. The van der Waals surface area contributed by atoms with Crippen LogP contribution in [0.1, 0.15) is 33.6 Å². The molecule has 0 saturated carbocycles. The molecule has 0 radical (unpaired) electrons. The molecule has 1 heterocycles. The summed E-state index contributed by atoms with van der Waals surface area (Å²) in [6.07, 6.45) is 2.20. The molecule has 1 aliphatic rings. The Morgan fingerprint density at radius 3 is 2.38 bits per heavy atom. The van der Waals surface area contributed by atoms with E-state index in [0.717, 1.165) is 25.9 Å². The summed E-state index contributed by atoms with van der Waals surface area (Å²) in [5, 5.41) is 9.95. The molecule has 4 heteroatoms. The second kappa shape index (κ2) is 4.72. The number of aliphatic hydroxyl groups is 1. The van der Waals surface area contributed by atoms with Crippen molar-refractivity contribution in [3.05, 3.63) is 0 Å². The fraction of sp³-hybridized carbons (Fsp3) is 0.917. The Morgan fingerprint density at radius 1 is 1.44 bits per heavy atom. The molecule has 0 bridgehead atoms. The largest absolute Gasteiger partial charge is 0.467 e. The first-order valence-electron chi connectivity index (χ1n) is 5.80. The Kier molecular flexibility index (Phi) is 3.97. The van der Waals surface area contributed by atoms with Gasteiger partial charge >= 0.3 is 5.97 Å². The number of piperidine rings is 1. The number of ether oxygens (including phenoxy) is 1. The highest BCUT2D eigenvalue weighted by Gasteiger charge is 2.35. The van der Waals surface area contributed by atoms with Gasteiger partial charge in [-0.3, -0.25) is 4.90 Å². The van der Waals surface area contributed by atoms with E-state index in [1.165, 1.54) is 14.0 Å². The van der Waals surface area contributed by atoms with E-state index in [4.69, 9.17) is 0 Å². The van der Waals surface area contributed by atoms with E-state index in [-0.39, 0.29) is 0 Å². The predicted octanol–water partition coefficient (Wildman–Crippen LogP) is 1.03. The lowest BCUT2D eigenvalue weighted by Crippen LogP contribution is -2.50. The molecule has 1 aliphatic heterocycles. The van der Waals surface area contributed by atoms with E-state index in [0.29, 0.717) is 12.0 Å². The summed E-state index contributed by atoms with van der Waals surface area (Å²) in [6, 6.07) is 0. The molecule has 1 fully saturated rings. The first kappa shape index (κ1) is 13.5. The lowest BCUT2D eigenvalue weighted by Gasteiger charge is -2.39. The van der Waals surface area contributed by atoms with Crippen molar-refractivity contribution in [2.75, 3.05) is 26.7 Å². The number of methoxy groups -OCH3 is 1. The van der Waals surface area contributed by atoms with Crippen LogP contribution in [0.5, 0.6) is 0 Å². The maximum atomic E-state index is 11.3. The lowest BCUT2D eigenvalue weighted by molar-refractivity contribution is -0.162. The molecule has 94 valence electrons. The minimum absolute atomic E-state index is 0.357. The monoisotopic (exact) mass is 229 g/mol. The Balaban J connectivity index is 2.47. The zero-order valence-corrected chi connectivity index (χ0v) is 10.7. The van der Waals surface area contributed by atoms with Gasteiger partial charge in [0.2, 0.25) is 0 Å². The first-order chi connectivity index (χ1) is 7.27. The zero-order valence-electron chi connectivity index (χ0n) is 10.7. The Labute approximate surface area is 97.6 Å². The fourth-order valence-corrected chi connectivity index (χ4v) is 2.04. The van der Waals surface area contributed by atoms with Crippen molar-refractivity contribution in [3.8, 4) is 0 Å². The maximum absolute atomic E-state index is 11.3. The third kappa shape index (κ3) is 3.46. The average Bonchev–Trinajstić information content (AvgIpc) is 2.20. The van der Waals surface area contributed by atoms with Crippen molar-refractivity contribution in [2.24, 2.45) is 5.41 Å². The van der Waals surface area contributed by atoms with Gasteiger partial charge in [-0.05, 0) is 38.3 Å². The number of carbonyl (C=O) groups is 1. The highest BCUT2D eigenvalue weighted by atomic mass is 16.5. The van der Waals surface area contributed by atoms with E-state index in [1.54, 1.807) is 0 Å². The predicted molar refractivity (Wildman–Crippen MR) is 62.1 cm³/mol. The quantitative estimate of drug-likeness (QED) is 0.734. The number of carbonyl (C=O) groups excluding carboxylic acids is 1. The third-order valence-electron chi connectivity index (χ3n) is 3.37. The van der Waals surface area contributed by atoms with Crippen LogP contribution in [0.25, 0.3) is 0 Å². The normalized spacial score (nSPS) is 24.8. The molecule has 0 aromatic heterocycles. The van der Waals surface area contributed by atoms with Gasteiger partial charge in [-0.2, -0.15) is 0 Å². The van der Waals surface area contributed by atoms with Crippen LogP contribution in [-0.4, -0.2) is 48.3 Å². The molecular formula is C12H23NO3. The third-order valence-corrected chi connectivity index (χ3v) is 3.37. The molecule has 0 aromatic rings. The summed E-state index contributed by atoms with van der Waals surface area (Å²) in [5.74, 6) is -0.558. The SMILES string of the molecule is COC(=O)C(C)(O)CN1CCC(C)(C)CC1. The van der Waals surface area contributed by atoms with Crippen LogP contribution in [0.15, 0.2) is 0 Å². The molecule has 1 rings (SSSR count).